The highest BCUT2D eigenvalue weighted by Crippen LogP contribution is 2.13. The first-order valence-electron chi connectivity index (χ1n) is 5.26. The van der Waals surface area contributed by atoms with Gasteiger partial charge in [0.05, 0.1) is 6.61 Å². The number of nitrogens with zero attached hydrogens (tertiary/aromatic N) is 1. The van der Waals surface area contributed by atoms with E-state index in [1.165, 1.54) is 4.57 Å². The van der Waals surface area contributed by atoms with Gasteiger partial charge in [0.25, 0.3) is 5.56 Å². The first-order valence-corrected chi connectivity index (χ1v) is 5.67. The van der Waals surface area contributed by atoms with E-state index in [4.69, 9.17) is 17.0 Å². The van der Waals surface area contributed by atoms with Gasteiger partial charge in [-0.3, -0.25) is 9.36 Å². The molecule has 1 heterocycles. The van der Waals surface area contributed by atoms with Crippen LogP contribution in [0.4, 0.5) is 0 Å². The van der Waals surface area contributed by atoms with E-state index in [1.807, 2.05) is 31.2 Å². The maximum absolute atomic E-state index is 11.8. The summed E-state index contributed by atoms with van der Waals surface area (Å²) in [7, 11) is 0. The average Bonchev–Trinajstić information content (AvgIpc) is 2.34. The van der Waals surface area contributed by atoms with Crippen molar-refractivity contribution in [3.8, 4) is 11.4 Å². The molecule has 0 bridgehead atoms. The van der Waals surface area contributed by atoms with Gasteiger partial charge in [-0.25, -0.2) is 0 Å². The molecule has 0 aliphatic carbocycles. The molecule has 2 aromatic rings. The number of nitrogens with one attached hydrogen (secondary N) is 1. The minimum atomic E-state index is -0.230. The lowest BCUT2D eigenvalue weighted by atomic mass is 10.3. The Labute approximate surface area is 104 Å². The number of ether oxygens (including phenoxy) is 1. The van der Waals surface area contributed by atoms with Crippen LogP contribution in [0.25, 0.3) is 5.69 Å². The third kappa shape index (κ3) is 2.45. The van der Waals surface area contributed by atoms with Crippen LogP contribution in [0.2, 0.25) is 0 Å². The lowest BCUT2D eigenvalue weighted by molar-refractivity contribution is 0.340. The SMILES string of the molecule is CCOc1ccc(-n2cc[nH]c(=S)c2=O)cc1. The number of hydrogen-bond acceptors (Lipinski definition) is 3. The fraction of sp³-hybridized carbons (Fsp3) is 0.167. The Bertz CT molecular complexity index is 613. The summed E-state index contributed by atoms with van der Waals surface area (Å²) in [4.78, 5) is 14.5. The van der Waals surface area contributed by atoms with Crippen LogP contribution in [-0.2, 0) is 0 Å². The zero-order chi connectivity index (χ0) is 12.3. The van der Waals surface area contributed by atoms with Gasteiger partial charge in [0.15, 0.2) is 4.64 Å². The summed E-state index contributed by atoms with van der Waals surface area (Å²) >= 11 is 4.89. The number of aromatic nitrogens is 2. The first-order chi connectivity index (χ1) is 8.22. The Balaban J connectivity index is 2.44. The van der Waals surface area contributed by atoms with Gasteiger partial charge in [0.2, 0.25) is 0 Å². The maximum Gasteiger partial charge on any atom is 0.290 e. The molecule has 0 saturated carbocycles. The Morgan fingerprint density at radius 3 is 2.71 bits per heavy atom. The molecule has 0 unspecified atom stereocenters. The zero-order valence-corrected chi connectivity index (χ0v) is 10.2. The van der Waals surface area contributed by atoms with E-state index >= 15 is 0 Å². The van der Waals surface area contributed by atoms with Crippen molar-refractivity contribution in [2.75, 3.05) is 6.61 Å². The van der Waals surface area contributed by atoms with Gasteiger partial charge in [0, 0.05) is 18.1 Å². The van der Waals surface area contributed by atoms with E-state index in [2.05, 4.69) is 4.98 Å². The molecule has 0 spiro atoms. The molecular formula is C12H12N2O2S. The molecule has 0 fully saturated rings. The molecule has 17 heavy (non-hydrogen) atoms. The second-order valence-corrected chi connectivity index (χ2v) is 3.80. The number of H-pyrrole nitrogens is 1. The molecule has 0 aliphatic heterocycles. The van der Waals surface area contributed by atoms with Crippen LogP contribution in [0.5, 0.6) is 5.75 Å². The van der Waals surface area contributed by atoms with Gasteiger partial charge in [-0.1, -0.05) is 12.2 Å². The fourth-order valence-corrected chi connectivity index (χ4v) is 1.67. The quantitative estimate of drug-likeness (QED) is 0.848. The third-order valence-electron chi connectivity index (χ3n) is 2.28. The van der Waals surface area contributed by atoms with Crippen molar-refractivity contribution < 1.29 is 4.74 Å². The van der Waals surface area contributed by atoms with Crippen molar-refractivity contribution in [1.82, 2.24) is 9.55 Å². The topological polar surface area (TPSA) is 47.0 Å². The monoisotopic (exact) mass is 248 g/mol. The highest BCUT2D eigenvalue weighted by Gasteiger charge is 2.00. The Hall–Kier alpha value is -1.88. The van der Waals surface area contributed by atoms with E-state index in [-0.39, 0.29) is 10.2 Å². The third-order valence-corrected chi connectivity index (χ3v) is 2.57. The number of rotatable bonds is 3. The second-order valence-electron chi connectivity index (χ2n) is 3.39. The molecule has 1 aromatic carbocycles. The smallest absolute Gasteiger partial charge is 0.290 e. The predicted molar refractivity (Wildman–Crippen MR) is 68.4 cm³/mol. The van der Waals surface area contributed by atoms with Crippen molar-refractivity contribution in [2.45, 2.75) is 6.92 Å². The standard InChI is InChI=1S/C12H12N2O2S/c1-2-16-10-5-3-9(4-6-10)14-8-7-13-11(17)12(14)15/h3-8H,2H2,1H3,(H,13,17). The molecule has 88 valence electrons. The summed E-state index contributed by atoms with van der Waals surface area (Å²) in [5, 5.41) is 0. The molecule has 1 N–H and O–H groups in total. The van der Waals surface area contributed by atoms with Crippen LogP contribution >= 0.6 is 12.2 Å². The van der Waals surface area contributed by atoms with Gasteiger partial charge in [-0.2, -0.15) is 0 Å². The predicted octanol–water partition coefficient (Wildman–Crippen LogP) is 2.29. The van der Waals surface area contributed by atoms with Crippen molar-refractivity contribution >= 4 is 12.2 Å². The molecule has 0 radical (unpaired) electrons. The number of hydrogen-bond donors (Lipinski definition) is 1. The molecule has 5 heteroatoms. The summed E-state index contributed by atoms with van der Waals surface area (Å²) in [5.41, 5.74) is 0.533. The van der Waals surface area contributed by atoms with E-state index < -0.39 is 0 Å². The fourth-order valence-electron chi connectivity index (χ4n) is 1.50. The van der Waals surface area contributed by atoms with E-state index in [1.54, 1.807) is 12.4 Å². The molecule has 4 nitrogen and oxygen atoms in total. The Kier molecular flexibility index (Phi) is 3.39. The number of aromatic amines is 1. The molecule has 2 rings (SSSR count). The van der Waals surface area contributed by atoms with Crippen molar-refractivity contribution in [1.29, 1.82) is 0 Å². The van der Waals surface area contributed by atoms with Gasteiger partial charge >= 0.3 is 0 Å². The van der Waals surface area contributed by atoms with Crippen LogP contribution < -0.4 is 10.3 Å². The lowest BCUT2D eigenvalue weighted by Gasteiger charge is -2.06. The normalized spacial score (nSPS) is 10.2. The Morgan fingerprint density at radius 1 is 1.35 bits per heavy atom. The minimum absolute atomic E-state index is 0.196. The molecule has 0 atom stereocenters. The summed E-state index contributed by atoms with van der Waals surface area (Å²) < 4.78 is 7.03. The molecule has 0 aliphatic rings. The Morgan fingerprint density at radius 2 is 2.06 bits per heavy atom. The van der Waals surface area contributed by atoms with E-state index in [0.717, 1.165) is 11.4 Å². The molecule has 0 amide bonds. The maximum atomic E-state index is 11.8. The highest BCUT2D eigenvalue weighted by atomic mass is 32.1. The highest BCUT2D eigenvalue weighted by molar-refractivity contribution is 7.71. The van der Waals surface area contributed by atoms with Crippen LogP contribution in [-0.4, -0.2) is 16.2 Å². The van der Waals surface area contributed by atoms with Crippen LogP contribution in [0.3, 0.4) is 0 Å². The van der Waals surface area contributed by atoms with Crippen LogP contribution in [0.15, 0.2) is 41.5 Å². The van der Waals surface area contributed by atoms with Crippen molar-refractivity contribution in [2.24, 2.45) is 0 Å². The average molecular weight is 248 g/mol. The first kappa shape index (κ1) is 11.6. The molecule has 1 aromatic heterocycles. The summed E-state index contributed by atoms with van der Waals surface area (Å²) in [6.07, 6.45) is 3.29. The van der Waals surface area contributed by atoms with E-state index in [0.29, 0.717) is 6.61 Å². The minimum Gasteiger partial charge on any atom is -0.494 e. The van der Waals surface area contributed by atoms with Crippen molar-refractivity contribution in [3.05, 3.63) is 51.7 Å². The summed E-state index contributed by atoms with van der Waals surface area (Å²) in [6.45, 7) is 2.55. The summed E-state index contributed by atoms with van der Waals surface area (Å²) in [5.74, 6) is 0.783. The zero-order valence-electron chi connectivity index (χ0n) is 9.34. The lowest BCUT2D eigenvalue weighted by Crippen LogP contribution is -2.18. The molecule has 0 saturated heterocycles. The van der Waals surface area contributed by atoms with E-state index in [9.17, 15) is 4.79 Å². The number of benzene rings is 1. The van der Waals surface area contributed by atoms with Crippen LogP contribution in [0.1, 0.15) is 6.92 Å². The summed E-state index contributed by atoms with van der Waals surface area (Å²) in [6, 6.07) is 7.29. The van der Waals surface area contributed by atoms with Gasteiger partial charge in [0.1, 0.15) is 5.75 Å². The van der Waals surface area contributed by atoms with Gasteiger partial charge < -0.3 is 9.72 Å². The molecular weight excluding hydrogens is 236 g/mol. The van der Waals surface area contributed by atoms with Gasteiger partial charge in [-0.15, -0.1) is 0 Å². The second kappa shape index (κ2) is 4.97. The largest absolute Gasteiger partial charge is 0.494 e. The van der Waals surface area contributed by atoms with Crippen LogP contribution in [0, 0.1) is 4.64 Å². The van der Waals surface area contributed by atoms with Crippen molar-refractivity contribution in [3.63, 3.8) is 0 Å². The van der Waals surface area contributed by atoms with Gasteiger partial charge in [-0.05, 0) is 31.2 Å².